The molecule has 0 spiro atoms. The molecular formula is C11H10BrClN2. The van der Waals surface area contributed by atoms with E-state index in [2.05, 4.69) is 33.9 Å². The minimum Gasteiger partial charge on any atom is -0.295 e. The summed E-state index contributed by atoms with van der Waals surface area (Å²) in [6.45, 7) is 4.16. The van der Waals surface area contributed by atoms with Crippen molar-refractivity contribution in [3.05, 3.63) is 45.9 Å². The van der Waals surface area contributed by atoms with E-state index in [0.29, 0.717) is 11.6 Å². The Morgan fingerprint density at radius 3 is 3.00 bits per heavy atom. The van der Waals surface area contributed by atoms with E-state index >= 15 is 0 Å². The minimum atomic E-state index is -0.409. The zero-order valence-electron chi connectivity index (χ0n) is 8.00. The highest BCUT2D eigenvalue weighted by Crippen LogP contribution is 2.26. The van der Waals surface area contributed by atoms with Gasteiger partial charge >= 0.3 is 0 Å². The largest absolute Gasteiger partial charge is 0.295 e. The summed E-state index contributed by atoms with van der Waals surface area (Å²) < 4.78 is 0.905. The number of hydrogen-bond donors (Lipinski definition) is 1. The molecule has 0 fully saturated rings. The molecule has 1 aromatic rings. The molecule has 1 aromatic carbocycles. The fourth-order valence-corrected chi connectivity index (χ4v) is 1.77. The van der Waals surface area contributed by atoms with E-state index < -0.39 is 6.04 Å². The van der Waals surface area contributed by atoms with Crippen LogP contribution in [0.2, 0.25) is 5.02 Å². The van der Waals surface area contributed by atoms with Crippen molar-refractivity contribution in [2.75, 3.05) is 6.54 Å². The molecule has 0 heterocycles. The van der Waals surface area contributed by atoms with Crippen molar-refractivity contribution < 1.29 is 0 Å². The lowest BCUT2D eigenvalue weighted by Gasteiger charge is -2.12. The molecule has 1 N–H and O–H groups in total. The lowest BCUT2D eigenvalue weighted by atomic mass is 10.1. The predicted octanol–water partition coefficient (Wildman–Crippen LogP) is 3.44. The van der Waals surface area contributed by atoms with Crippen molar-refractivity contribution >= 4 is 27.5 Å². The summed E-state index contributed by atoms with van der Waals surface area (Å²) in [5, 5.41) is 12.6. The fourth-order valence-electron chi connectivity index (χ4n) is 1.16. The van der Waals surface area contributed by atoms with Crippen LogP contribution in [0.5, 0.6) is 0 Å². The number of nitrogens with one attached hydrogen (secondary N) is 1. The highest BCUT2D eigenvalue weighted by molar-refractivity contribution is 9.10. The van der Waals surface area contributed by atoms with E-state index in [4.69, 9.17) is 16.9 Å². The zero-order valence-corrected chi connectivity index (χ0v) is 10.3. The zero-order chi connectivity index (χ0) is 11.3. The lowest BCUT2D eigenvalue weighted by Crippen LogP contribution is -2.20. The standard InChI is InChI=1S/C11H10BrClN2/c1-2-5-15-11(7-14)9-6-8(12)3-4-10(9)13/h2-4,6,11,15H,1,5H2. The van der Waals surface area contributed by atoms with E-state index in [1.54, 1.807) is 12.1 Å². The van der Waals surface area contributed by atoms with E-state index in [0.717, 1.165) is 10.0 Å². The Labute approximate surface area is 103 Å². The van der Waals surface area contributed by atoms with Crippen molar-refractivity contribution in [2.45, 2.75) is 6.04 Å². The van der Waals surface area contributed by atoms with Crippen molar-refractivity contribution in [3.63, 3.8) is 0 Å². The Morgan fingerprint density at radius 2 is 2.40 bits per heavy atom. The molecule has 1 unspecified atom stereocenters. The molecule has 0 bridgehead atoms. The molecule has 0 amide bonds. The topological polar surface area (TPSA) is 35.8 Å². The van der Waals surface area contributed by atoms with Crippen molar-refractivity contribution in [1.29, 1.82) is 5.26 Å². The Balaban J connectivity index is 2.96. The van der Waals surface area contributed by atoms with E-state index in [-0.39, 0.29) is 0 Å². The summed E-state index contributed by atoms with van der Waals surface area (Å²) in [5.41, 5.74) is 0.774. The smallest absolute Gasteiger partial charge is 0.123 e. The van der Waals surface area contributed by atoms with E-state index in [1.165, 1.54) is 0 Å². The van der Waals surface area contributed by atoms with Gasteiger partial charge in [-0.05, 0) is 18.2 Å². The molecule has 0 aliphatic carbocycles. The third-order valence-electron chi connectivity index (χ3n) is 1.86. The normalized spacial score (nSPS) is 11.8. The van der Waals surface area contributed by atoms with Gasteiger partial charge in [0, 0.05) is 21.6 Å². The van der Waals surface area contributed by atoms with Crippen molar-refractivity contribution in [2.24, 2.45) is 0 Å². The van der Waals surface area contributed by atoms with E-state index in [9.17, 15) is 0 Å². The average molecular weight is 286 g/mol. The molecular weight excluding hydrogens is 275 g/mol. The maximum absolute atomic E-state index is 9.00. The molecule has 78 valence electrons. The summed E-state index contributed by atoms with van der Waals surface area (Å²) in [5.74, 6) is 0. The highest BCUT2D eigenvalue weighted by atomic mass is 79.9. The van der Waals surface area contributed by atoms with Gasteiger partial charge in [0.25, 0.3) is 0 Å². The van der Waals surface area contributed by atoms with Crippen LogP contribution in [0.4, 0.5) is 0 Å². The SMILES string of the molecule is C=CCNC(C#N)c1cc(Br)ccc1Cl. The molecule has 4 heteroatoms. The van der Waals surface area contributed by atoms with Crippen LogP contribution in [0.25, 0.3) is 0 Å². The van der Waals surface area contributed by atoms with Gasteiger partial charge in [-0.15, -0.1) is 6.58 Å². The van der Waals surface area contributed by atoms with Crippen LogP contribution in [-0.4, -0.2) is 6.54 Å². The van der Waals surface area contributed by atoms with Gasteiger partial charge < -0.3 is 0 Å². The first kappa shape index (κ1) is 12.3. The Hall–Kier alpha value is -0.820. The third kappa shape index (κ3) is 3.35. The monoisotopic (exact) mass is 284 g/mol. The predicted molar refractivity (Wildman–Crippen MR) is 65.7 cm³/mol. The van der Waals surface area contributed by atoms with Crippen LogP contribution in [0.1, 0.15) is 11.6 Å². The van der Waals surface area contributed by atoms with Gasteiger partial charge in [0.05, 0.1) is 6.07 Å². The van der Waals surface area contributed by atoms with E-state index in [1.807, 2.05) is 12.1 Å². The second-order valence-corrected chi connectivity index (χ2v) is 4.25. The van der Waals surface area contributed by atoms with Gasteiger partial charge in [0.2, 0.25) is 0 Å². The van der Waals surface area contributed by atoms with Crippen LogP contribution >= 0.6 is 27.5 Å². The second kappa shape index (κ2) is 5.92. The molecule has 1 rings (SSSR count). The van der Waals surface area contributed by atoms with Gasteiger partial charge in [-0.2, -0.15) is 5.26 Å². The molecule has 2 nitrogen and oxygen atoms in total. The summed E-state index contributed by atoms with van der Waals surface area (Å²) in [4.78, 5) is 0. The minimum absolute atomic E-state index is 0.409. The molecule has 0 aliphatic rings. The molecule has 0 aromatic heterocycles. The first-order chi connectivity index (χ1) is 7.19. The van der Waals surface area contributed by atoms with Crippen LogP contribution in [0.15, 0.2) is 35.3 Å². The molecule has 15 heavy (non-hydrogen) atoms. The summed E-state index contributed by atoms with van der Waals surface area (Å²) in [6, 6.07) is 7.19. The van der Waals surface area contributed by atoms with Gasteiger partial charge in [-0.3, -0.25) is 5.32 Å². The first-order valence-corrected chi connectivity index (χ1v) is 5.55. The summed E-state index contributed by atoms with van der Waals surface area (Å²) >= 11 is 9.36. The Bertz CT molecular complexity index is 398. The number of halogens is 2. The number of benzene rings is 1. The van der Waals surface area contributed by atoms with Crippen LogP contribution in [0.3, 0.4) is 0 Å². The Kier molecular flexibility index (Phi) is 4.83. The lowest BCUT2D eigenvalue weighted by molar-refractivity contribution is 0.683. The number of hydrogen-bond acceptors (Lipinski definition) is 2. The van der Waals surface area contributed by atoms with Gasteiger partial charge in [0.15, 0.2) is 0 Å². The molecule has 0 saturated heterocycles. The molecule has 1 atom stereocenters. The highest BCUT2D eigenvalue weighted by Gasteiger charge is 2.12. The average Bonchev–Trinajstić information content (AvgIpc) is 2.24. The quantitative estimate of drug-likeness (QED) is 0.860. The van der Waals surface area contributed by atoms with Crippen LogP contribution < -0.4 is 5.32 Å². The maximum Gasteiger partial charge on any atom is 0.123 e. The molecule has 0 aliphatic heterocycles. The van der Waals surface area contributed by atoms with Crippen molar-refractivity contribution in [1.82, 2.24) is 5.32 Å². The molecule has 0 saturated carbocycles. The summed E-state index contributed by atoms with van der Waals surface area (Å²) in [6.07, 6.45) is 1.70. The van der Waals surface area contributed by atoms with Gasteiger partial charge in [-0.1, -0.05) is 33.6 Å². The maximum atomic E-state index is 9.00. The first-order valence-electron chi connectivity index (χ1n) is 4.38. The molecule has 0 radical (unpaired) electrons. The summed E-state index contributed by atoms with van der Waals surface area (Å²) in [7, 11) is 0. The van der Waals surface area contributed by atoms with Gasteiger partial charge in [0.1, 0.15) is 6.04 Å². The second-order valence-electron chi connectivity index (χ2n) is 2.92. The Morgan fingerprint density at radius 1 is 1.67 bits per heavy atom. The van der Waals surface area contributed by atoms with Gasteiger partial charge in [-0.25, -0.2) is 0 Å². The van der Waals surface area contributed by atoms with Crippen LogP contribution in [-0.2, 0) is 0 Å². The number of nitriles is 1. The third-order valence-corrected chi connectivity index (χ3v) is 2.70. The fraction of sp³-hybridized carbons (Fsp3) is 0.182. The number of nitrogens with zero attached hydrogens (tertiary/aromatic N) is 1. The van der Waals surface area contributed by atoms with Crippen molar-refractivity contribution in [3.8, 4) is 6.07 Å². The number of rotatable bonds is 4. The van der Waals surface area contributed by atoms with Crippen LogP contribution in [0, 0.1) is 11.3 Å².